The first-order valence-corrected chi connectivity index (χ1v) is 12.7. The number of ether oxygens (including phenoxy) is 1. The Kier molecular flexibility index (Phi) is 6.05. The van der Waals surface area contributed by atoms with Crippen LogP contribution in [0.15, 0.2) is 16.3 Å². The number of piperidine rings is 1. The number of hydrogen-bond acceptors (Lipinski definition) is 5. The van der Waals surface area contributed by atoms with E-state index in [0.717, 1.165) is 62.8 Å². The fraction of sp³-hybridized carbons (Fsp3) is 0.737. The molecule has 1 aromatic heterocycles. The molecule has 3 aliphatic rings. The summed E-state index contributed by atoms with van der Waals surface area (Å²) < 4.78 is 34.1. The third-order valence-electron chi connectivity index (χ3n) is 6.17. The number of sulfonamides is 1. The summed E-state index contributed by atoms with van der Waals surface area (Å²) in [6.07, 6.45) is 6.43. The van der Waals surface area contributed by atoms with Gasteiger partial charge in [-0.1, -0.05) is 11.6 Å². The molecule has 0 aromatic carbocycles. The molecule has 0 bridgehead atoms. The third kappa shape index (κ3) is 4.56. The van der Waals surface area contributed by atoms with Gasteiger partial charge in [0.2, 0.25) is 5.91 Å². The highest BCUT2D eigenvalue weighted by Gasteiger charge is 2.43. The molecule has 6 nitrogen and oxygen atoms in total. The van der Waals surface area contributed by atoms with E-state index in [4.69, 9.17) is 16.3 Å². The van der Waals surface area contributed by atoms with Crippen molar-refractivity contribution in [2.45, 2.75) is 54.8 Å². The Morgan fingerprint density at radius 3 is 2.68 bits per heavy atom. The van der Waals surface area contributed by atoms with Gasteiger partial charge in [0, 0.05) is 32.2 Å². The van der Waals surface area contributed by atoms with Crippen LogP contribution in [-0.2, 0) is 19.6 Å². The summed E-state index contributed by atoms with van der Waals surface area (Å²) in [6.45, 7) is 2.40. The number of hydrogen-bond donors (Lipinski definition) is 1. The van der Waals surface area contributed by atoms with Crippen molar-refractivity contribution < 1.29 is 17.9 Å². The molecule has 3 fully saturated rings. The van der Waals surface area contributed by atoms with Gasteiger partial charge in [-0.2, -0.15) is 4.31 Å². The van der Waals surface area contributed by atoms with E-state index in [2.05, 4.69) is 5.32 Å². The zero-order valence-corrected chi connectivity index (χ0v) is 18.3. The van der Waals surface area contributed by atoms with Gasteiger partial charge in [0.15, 0.2) is 0 Å². The zero-order chi connectivity index (χ0) is 19.8. The molecule has 0 radical (unpaired) electrons. The number of nitrogens with zero attached hydrogens (tertiary/aromatic N) is 1. The molecule has 1 amide bonds. The number of halogens is 1. The second-order valence-corrected chi connectivity index (χ2v) is 12.1. The number of rotatable bonds is 6. The Morgan fingerprint density at radius 2 is 2.04 bits per heavy atom. The van der Waals surface area contributed by atoms with Crippen LogP contribution in [0, 0.1) is 11.8 Å². The molecule has 1 spiro atoms. The van der Waals surface area contributed by atoms with E-state index in [1.54, 1.807) is 16.4 Å². The summed E-state index contributed by atoms with van der Waals surface area (Å²) in [7, 11) is -3.47. The van der Waals surface area contributed by atoms with Crippen molar-refractivity contribution in [3.8, 4) is 0 Å². The highest BCUT2D eigenvalue weighted by Crippen LogP contribution is 2.40. The maximum absolute atomic E-state index is 12.8. The van der Waals surface area contributed by atoms with E-state index >= 15 is 0 Å². The van der Waals surface area contributed by atoms with Crippen molar-refractivity contribution >= 4 is 38.9 Å². The van der Waals surface area contributed by atoms with Crippen LogP contribution in [0.25, 0.3) is 0 Å². The maximum Gasteiger partial charge on any atom is 0.252 e. The van der Waals surface area contributed by atoms with Crippen molar-refractivity contribution in [3.05, 3.63) is 16.5 Å². The first-order chi connectivity index (χ1) is 13.4. The summed E-state index contributed by atoms with van der Waals surface area (Å²) in [4.78, 5) is 11.8. The van der Waals surface area contributed by atoms with Crippen LogP contribution in [0.1, 0.15) is 44.9 Å². The topological polar surface area (TPSA) is 75.7 Å². The fourth-order valence-electron chi connectivity index (χ4n) is 4.31. The standard InChI is InChI=1S/C19H27ClN2O4S2/c20-16-3-4-17(27-16)28(24,25)22-10-7-19(8-11-22)13-14(6-12-26-19)5-9-21-18(23)15-1-2-15/h3-4,14-15H,1-2,5-13H2,(H,21,23). The van der Waals surface area contributed by atoms with Crippen LogP contribution < -0.4 is 5.32 Å². The molecule has 1 aliphatic carbocycles. The molecule has 3 heterocycles. The SMILES string of the molecule is O=C(NCCC1CCOC2(CCN(S(=O)(=O)c3ccc(Cl)s3)CC2)C1)C1CC1. The smallest absolute Gasteiger partial charge is 0.252 e. The predicted octanol–water partition coefficient (Wildman–Crippen LogP) is 3.27. The number of nitrogens with one attached hydrogen (secondary N) is 1. The van der Waals surface area contributed by atoms with E-state index in [1.165, 1.54) is 0 Å². The van der Waals surface area contributed by atoms with Crippen LogP contribution in [0.4, 0.5) is 0 Å². The van der Waals surface area contributed by atoms with Crippen LogP contribution in [0.2, 0.25) is 4.34 Å². The Labute approximate surface area is 175 Å². The minimum Gasteiger partial charge on any atom is -0.375 e. The fourth-order valence-corrected chi connectivity index (χ4v) is 7.39. The van der Waals surface area contributed by atoms with Crippen molar-refractivity contribution in [3.63, 3.8) is 0 Å². The van der Waals surface area contributed by atoms with Crippen molar-refractivity contribution in [2.75, 3.05) is 26.2 Å². The molecule has 1 saturated carbocycles. The number of carbonyl (C=O) groups is 1. The Balaban J connectivity index is 1.29. The van der Waals surface area contributed by atoms with E-state index in [-0.39, 0.29) is 17.4 Å². The molecule has 1 unspecified atom stereocenters. The average molecular weight is 447 g/mol. The normalized spacial score (nSPS) is 25.7. The molecule has 1 N–H and O–H groups in total. The molecular formula is C19H27ClN2O4S2. The van der Waals surface area contributed by atoms with E-state index in [0.29, 0.717) is 34.2 Å². The quantitative estimate of drug-likeness (QED) is 0.727. The Hall–Kier alpha value is -0.670. The van der Waals surface area contributed by atoms with Crippen LogP contribution in [0.3, 0.4) is 0 Å². The maximum atomic E-state index is 12.8. The largest absolute Gasteiger partial charge is 0.375 e. The van der Waals surface area contributed by atoms with Crippen LogP contribution in [-0.4, -0.2) is 50.5 Å². The van der Waals surface area contributed by atoms with Crippen LogP contribution >= 0.6 is 22.9 Å². The van der Waals surface area contributed by atoms with Crippen molar-refractivity contribution in [1.82, 2.24) is 9.62 Å². The molecule has 1 atom stereocenters. The molecule has 1 aromatic rings. The van der Waals surface area contributed by atoms with Gasteiger partial charge in [-0.3, -0.25) is 4.79 Å². The zero-order valence-electron chi connectivity index (χ0n) is 15.9. The number of amides is 1. The monoisotopic (exact) mass is 446 g/mol. The molecule has 9 heteroatoms. The Bertz CT molecular complexity index is 814. The predicted molar refractivity (Wildman–Crippen MR) is 109 cm³/mol. The van der Waals surface area contributed by atoms with Gasteiger partial charge >= 0.3 is 0 Å². The summed E-state index contributed by atoms with van der Waals surface area (Å²) in [5, 5.41) is 3.05. The number of thiophene rings is 1. The van der Waals surface area contributed by atoms with Gasteiger partial charge in [-0.15, -0.1) is 11.3 Å². The lowest BCUT2D eigenvalue weighted by Gasteiger charge is -2.45. The van der Waals surface area contributed by atoms with E-state index in [1.807, 2.05) is 0 Å². The molecular weight excluding hydrogens is 420 g/mol. The lowest BCUT2D eigenvalue weighted by atomic mass is 9.79. The van der Waals surface area contributed by atoms with Gasteiger partial charge in [0.1, 0.15) is 4.21 Å². The van der Waals surface area contributed by atoms with Gasteiger partial charge in [0.25, 0.3) is 10.0 Å². The van der Waals surface area contributed by atoms with Crippen molar-refractivity contribution in [1.29, 1.82) is 0 Å². The second kappa shape index (κ2) is 8.22. The van der Waals surface area contributed by atoms with Gasteiger partial charge in [0.05, 0.1) is 9.94 Å². The lowest BCUT2D eigenvalue weighted by molar-refractivity contribution is -0.124. The van der Waals surface area contributed by atoms with E-state index < -0.39 is 10.0 Å². The second-order valence-electron chi connectivity index (χ2n) is 8.21. The van der Waals surface area contributed by atoms with E-state index in [9.17, 15) is 13.2 Å². The first-order valence-electron chi connectivity index (χ1n) is 10.1. The first kappa shape index (κ1) is 20.6. The summed E-state index contributed by atoms with van der Waals surface area (Å²) in [5.74, 6) is 0.979. The molecule has 2 aliphatic heterocycles. The summed E-state index contributed by atoms with van der Waals surface area (Å²) in [5.41, 5.74) is -0.220. The van der Waals surface area contributed by atoms with Crippen molar-refractivity contribution in [2.24, 2.45) is 11.8 Å². The van der Waals surface area contributed by atoms with Gasteiger partial charge < -0.3 is 10.1 Å². The average Bonchev–Trinajstić information content (AvgIpc) is 3.43. The van der Waals surface area contributed by atoms with Gasteiger partial charge in [-0.05, 0) is 63.0 Å². The molecule has 2 saturated heterocycles. The molecule has 156 valence electrons. The highest BCUT2D eigenvalue weighted by atomic mass is 35.5. The van der Waals surface area contributed by atoms with Gasteiger partial charge in [-0.25, -0.2) is 8.42 Å². The third-order valence-corrected chi connectivity index (χ3v) is 9.77. The summed E-state index contributed by atoms with van der Waals surface area (Å²) in [6, 6.07) is 3.21. The minimum atomic E-state index is -3.47. The Morgan fingerprint density at radius 1 is 1.29 bits per heavy atom. The summed E-state index contributed by atoms with van der Waals surface area (Å²) >= 11 is 7.01. The minimum absolute atomic E-state index is 0.203. The highest BCUT2D eigenvalue weighted by molar-refractivity contribution is 7.91. The van der Waals surface area contributed by atoms with Crippen LogP contribution in [0.5, 0.6) is 0 Å². The molecule has 28 heavy (non-hydrogen) atoms. The number of carbonyl (C=O) groups excluding carboxylic acids is 1. The molecule has 4 rings (SSSR count). The lowest BCUT2D eigenvalue weighted by Crippen LogP contribution is -2.50.